The predicted molar refractivity (Wildman–Crippen MR) is 76.7 cm³/mol. The number of benzene rings is 1. The van der Waals surface area contributed by atoms with E-state index in [1.165, 1.54) is 6.07 Å². The lowest BCUT2D eigenvalue weighted by atomic mass is 10.1. The average molecular weight is 329 g/mol. The molecule has 1 fully saturated rings. The highest BCUT2D eigenvalue weighted by atomic mass is 79.9. The summed E-state index contributed by atoms with van der Waals surface area (Å²) in [4.78, 5) is 16.2. The fraction of sp³-hybridized carbons (Fsp3) is 0.500. The van der Waals surface area contributed by atoms with Crippen molar-refractivity contribution in [3.63, 3.8) is 0 Å². The second-order valence-electron chi connectivity index (χ2n) is 5.06. The third kappa shape index (κ3) is 3.15. The van der Waals surface area contributed by atoms with Gasteiger partial charge in [-0.05, 0) is 54.5 Å². The van der Waals surface area contributed by atoms with Crippen molar-refractivity contribution in [2.45, 2.75) is 18.9 Å². The Balaban J connectivity index is 2.10. The number of hydrogen-bond donors (Lipinski definition) is 0. The van der Waals surface area contributed by atoms with Crippen molar-refractivity contribution in [1.29, 1.82) is 0 Å². The van der Waals surface area contributed by atoms with E-state index < -0.39 is 5.82 Å². The van der Waals surface area contributed by atoms with Gasteiger partial charge >= 0.3 is 0 Å². The van der Waals surface area contributed by atoms with Crippen LogP contribution in [0.2, 0.25) is 0 Å². The van der Waals surface area contributed by atoms with Crippen molar-refractivity contribution in [3.05, 3.63) is 34.1 Å². The summed E-state index contributed by atoms with van der Waals surface area (Å²) in [6, 6.07) is 4.96. The van der Waals surface area contributed by atoms with Gasteiger partial charge < -0.3 is 9.80 Å². The van der Waals surface area contributed by atoms with Crippen molar-refractivity contribution in [2.24, 2.45) is 0 Å². The first-order valence-corrected chi connectivity index (χ1v) is 7.19. The van der Waals surface area contributed by atoms with Gasteiger partial charge in [0.2, 0.25) is 0 Å². The molecule has 104 valence electrons. The molecule has 0 spiro atoms. The lowest BCUT2D eigenvalue weighted by molar-refractivity contribution is 0.0756. The van der Waals surface area contributed by atoms with E-state index in [2.05, 4.69) is 27.9 Å². The lowest BCUT2D eigenvalue weighted by Crippen LogP contribution is -2.39. The summed E-state index contributed by atoms with van der Waals surface area (Å²) in [5.41, 5.74) is 0.116. The molecule has 19 heavy (non-hydrogen) atoms. The van der Waals surface area contributed by atoms with E-state index in [1.807, 2.05) is 0 Å². The summed E-state index contributed by atoms with van der Waals surface area (Å²) in [5.74, 6) is -0.753. The number of hydrogen-bond acceptors (Lipinski definition) is 2. The Morgan fingerprint density at radius 2 is 2.32 bits per heavy atom. The van der Waals surface area contributed by atoms with E-state index in [-0.39, 0.29) is 11.5 Å². The number of carbonyl (C=O) groups is 1. The maximum Gasteiger partial charge on any atom is 0.257 e. The number of amides is 1. The molecule has 5 heteroatoms. The molecule has 0 aliphatic carbocycles. The Morgan fingerprint density at radius 1 is 1.58 bits per heavy atom. The van der Waals surface area contributed by atoms with E-state index >= 15 is 0 Å². The molecule has 0 bridgehead atoms. The number of nitrogens with zero attached hydrogens (tertiary/aromatic N) is 2. The molecule has 0 N–H and O–H groups in total. The highest BCUT2D eigenvalue weighted by Gasteiger charge is 2.26. The van der Waals surface area contributed by atoms with E-state index in [0.717, 1.165) is 19.4 Å². The summed E-state index contributed by atoms with van der Waals surface area (Å²) < 4.78 is 14.3. The topological polar surface area (TPSA) is 23.6 Å². The number of likely N-dealkylation sites (N-methyl/N-ethyl adjacent to an activating group) is 2. The molecular weight excluding hydrogens is 311 g/mol. The predicted octanol–water partition coefficient (Wildman–Crippen LogP) is 2.75. The van der Waals surface area contributed by atoms with Crippen molar-refractivity contribution in [3.8, 4) is 0 Å². The van der Waals surface area contributed by atoms with E-state index in [9.17, 15) is 9.18 Å². The third-order valence-corrected chi connectivity index (χ3v) is 4.34. The Kier molecular flexibility index (Phi) is 4.58. The van der Waals surface area contributed by atoms with Crippen LogP contribution >= 0.6 is 15.9 Å². The largest absolute Gasteiger partial charge is 0.340 e. The first-order chi connectivity index (χ1) is 9.00. The zero-order chi connectivity index (χ0) is 14.0. The van der Waals surface area contributed by atoms with Crippen LogP contribution in [0.4, 0.5) is 4.39 Å². The third-order valence-electron chi connectivity index (χ3n) is 3.68. The number of likely N-dealkylation sites (tertiary alicyclic amines) is 1. The molecule has 2 rings (SSSR count). The molecule has 1 amide bonds. The molecule has 1 unspecified atom stereocenters. The van der Waals surface area contributed by atoms with Crippen molar-refractivity contribution in [2.75, 3.05) is 27.2 Å². The van der Waals surface area contributed by atoms with Gasteiger partial charge in [0.1, 0.15) is 5.82 Å². The van der Waals surface area contributed by atoms with Crippen LogP contribution in [-0.2, 0) is 0 Å². The minimum Gasteiger partial charge on any atom is -0.340 e. The van der Waals surface area contributed by atoms with Crippen molar-refractivity contribution in [1.82, 2.24) is 9.80 Å². The van der Waals surface area contributed by atoms with Crippen LogP contribution in [0.3, 0.4) is 0 Å². The summed E-state index contributed by atoms with van der Waals surface area (Å²) in [7, 11) is 3.79. The van der Waals surface area contributed by atoms with Crippen LogP contribution in [-0.4, -0.2) is 48.9 Å². The maximum atomic E-state index is 13.8. The molecule has 0 radical (unpaired) electrons. The zero-order valence-electron chi connectivity index (χ0n) is 11.2. The highest BCUT2D eigenvalue weighted by molar-refractivity contribution is 9.10. The van der Waals surface area contributed by atoms with Gasteiger partial charge in [-0.25, -0.2) is 4.39 Å². The van der Waals surface area contributed by atoms with Crippen LogP contribution in [0, 0.1) is 5.82 Å². The fourth-order valence-electron chi connectivity index (χ4n) is 2.50. The zero-order valence-corrected chi connectivity index (χ0v) is 12.8. The summed E-state index contributed by atoms with van der Waals surface area (Å²) in [6.45, 7) is 1.70. The van der Waals surface area contributed by atoms with Crippen LogP contribution in [0.1, 0.15) is 23.2 Å². The summed E-state index contributed by atoms with van der Waals surface area (Å²) in [6.07, 6.45) is 2.25. The molecule has 0 saturated carbocycles. The van der Waals surface area contributed by atoms with Gasteiger partial charge in [0, 0.05) is 24.1 Å². The maximum absolute atomic E-state index is 13.8. The average Bonchev–Trinajstić information content (AvgIpc) is 2.74. The quantitative estimate of drug-likeness (QED) is 0.851. The summed E-state index contributed by atoms with van der Waals surface area (Å²) in [5, 5.41) is 0. The smallest absolute Gasteiger partial charge is 0.257 e. The Morgan fingerprint density at radius 3 is 2.89 bits per heavy atom. The SMILES string of the molecule is CN(CC1CCCN1C)C(=O)c1c(F)cccc1Br. The molecule has 1 heterocycles. The van der Waals surface area contributed by atoms with Crippen molar-refractivity contribution < 1.29 is 9.18 Å². The first kappa shape index (κ1) is 14.5. The normalized spacial score (nSPS) is 19.7. The van der Waals surface area contributed by atoms with Gasteiger partial charge in [0.05, 0.1) is 5.56 Å². The van der Waals surface area contributed by atoms with E-state index in [0.29, 0.717) is 17.1 Å². The second kappa shape index (κ2) is 6.01. The first-order valence-electron chi connectivity index (χ1n) is 6.40. The fourth-order valence-corrected chi connectivity index (χ4v) is 3.01. The minimum absolute atomic E-state index is 0.116. The Bertz CT molecular complexity index is 460. The van der Waals surface area contributed by atoms with Gasteiger partial charge in [-0.15, -0.1) is 0 Å². The molecule has 3 nitrogen and oxygen atoms in total. The van der Waals surface area contributed by atoms with Gasteiger partial charge in [-0.3, -0.25) is 4.79 Å². The molecular formula is C14H18BrFN2O. The second-order valence-corrected chi connectivity index (χ2v) is 5.91. The molecule has 1 aliphatic rings. The minimum atomic E-state index is -0.481. The van der Waals surface area contributed by atoms with Crippen LogP contribution in [0.5, 0.6) is 0 Å². The number of carbonyl (C=O) groups excluding carboxylic acids is 1. The van der Waals surface area contributed by atoms with E-state index in [4.69, 9.17) is 0 Å². The molecule has 1 saturated heterocycles. The monoisotopic (exact) mass is 328 g/mol. The van der Waals surface area contributed by atoms with Crippen LogP contribution in [0.25, 0.3) is 0 Å². The molecule has 1 aromatic carbocycles. The highest BCUT2D eigenvalue weighted by Crippen LogP contribution is 2.22. The van der Waals surface area contributed by atoms with Crippen LogP contribution in [0.15, 0.2) is 22.7 Å². The Hall–Kier alpha value is -0.940. The number of halogens is 2. The van der Waals surface area contributed by atoms with Gasteiger partial charge in [-0.1, -0.05) is 6.07 Å². The van der Waals surface area contributed by atoms with Gasteiger partial charge in [0.25, 0.3) is 5.91 Å². The number of rotatable bonds is 3. The lowest BCUT2D eigenvalue weighted by Gasteiger charge is -2.26. The summed E-state index contributed by atoms with van der Waals surface area (Å²) >= 11 is 3.24. The standard InChI is InChI=1S/C14H18BrFN2O/c1-17-8-4-5-10(17)9-18(2)14(19)13-11(15)6-3-7-12(13)16/h3,6-7,10H,4-5,8-9H2,1-2H3. The molecule has 1 aromatic rings. The molecule has 1 aliphatic heterocycles. The Labute approximate surface area is 121 Å². The van der Waals surface area contributed by atoms with E-state index in [1.54, 1.807) is 24.1 Å². The molecule has 0 aromatic heterocycles. The van der Waals surface area contributed by atoms with Crippen LogP contribution < -0.4 is 0 Å². The molecule has 1 atom stereocenters. The van der Waals surface area contributed by atoms with Gasteiger partial charge in [-0.2, -0.15) is 0 Å². The van der Waals surface area contributed by atoms with Crippen molar-refractivity contribution >= 4 is 21.8 Å². The van der Waals surface area contributed by atoms with Gasteiger partial charge in [0.15, 0.2) is 0 Å².